The maximum atomic E-state index is 13.1. The molecule has 2 aliphatic rings. The Morgan fingerprint density at radius 3 is 2.52 bits per heavy atom. The molecule has 2 heterocycles. The molecule has 0 unspecified atom stereocenters. The Morgan fingerprint density at radius 1 is 1.31 bits per heavy atom. The van der Waals surface area contributed by atoms with Crippen molar-refractivity contribution in [2.24, 2.45) is 4.99 Å². The molecule has 0 aromatic heterocycles. The highest BCUT2D eigenvalue weighted by atomic mass is 32.2. The van der Waals surface area contributed by atoms with Crippen LogP contribution in [-0.4, -0.2) is 33.8 Å². The smallest absolute Gasteiger partial charge is 0.338 e. The van der Waals surface area contributed by atoms with E-state index in [2.05, 4.69) is 44.5 Å². The van der Waals surface area contributed by atoms with E-state index in [1.807, 2.05) is 19.1 Å². The van der Waals surface area contributed by atoms with E-state index < -0.39 is 12.0 Å². The van der Waals surface area contributed by atoms with E-state index in [9.17, 15) is 9.59 Å². The number of amidine groups is 1. The number of hydrogen-bond donors (Lipinski definition) is 0. The molecule has 0 spiro atoms. The number of ether oxygens (including phenoxy) is 1. The first-order chi connectivity index (χ1) is 13.7. The van der Waals surface area contributed by atoms with Gasteiger partial charge in [-0.05, 0) is 29.9 Å². The number of hydrogen-bond acceptors (Lipinski definition) is 5. The van der Waals surface area contributed by atoms with Gasteiger partial charge in [0.1, 0.15) is 6.61 Å². The maximum Gasteiger partial charge on any atom is 0.338 e. The number of fused-ring (bicyclic) bond motifs is 1. The van der Waals surface area contributed by atoms with Gasteiger partial charge in [-0.3, -0.25) is 9.69 Å². The number of aliphatic imine (C=N–C) groups is 1. The SMILES string of the molecule is C=CCOC(=O)C1=C(C)N=C2S[C@@H](CC)C(=O)N2[C@H]1c1ccc(C(C)(C)C)cc1. The van der Waals surface area contributed by atoms with Crippen molar-refractivity contribution in [3.63, 3.8) is 0 Å². The van der Waals surface area contributed by atoms with Gasteiger partial charge in [-0.15, -0.1) is 0 Å². The molecule has 154 valence electrons. The molecule has 1 fully saturated rings. The summed E-state index contributed by atoms with van der Waals surface area (Å²) in [6.07, 6.45) is 2.24. The highest BCUT2D eigenvalue weighted by Crippen LogP contribution is 2.44. The van der Waals surface area contributed by atoms with Gasteiger partial charge in [-0.25, -0.2) is 9.79 Å². The largest absolute Gasteiger partial charge is 0.458 e. The van der Waals surface area contributed by atoms with Crippen molar-refractivity contribution in [1.29, 1.82) is 0 Å². The summed E-state index contributed by atoms with van der Waals surface area (Å²) in [6, 6.07) is 7.59. The number of carbonyl (C=O) groups excluding carboxylic acids is 2. The van der Waals surface area contributed by atoms with Crippen LogP contribution in [0.2, 0.25) is 0 Å². The molecule has 0 aliphatic carbocycles. The lowest BCUT2D eigenvalue weighted by molar-refractivity contribution is -0.139. The summed E-state index contributed by atoms with van der Waals surface area (Å²) >= 11 is 1.47. The fraction of sp³-hybridized carbons (Fsp3) is 0.435. The molecule has 1 aromatic rings. The molecule has 29 heavy (non-hydrogen) atoms. The lowest BCUT2D eigenvalue weighted by atomic mass is 9.85. The highest BCUT2D eigenvalue weighted by molar-refractivity contribution is 8.15. The lowest BCUT2D eigenvalue weighted by Crippen LogP contribution is -2.40. The van der Waals surface area contributed by atoms with E-state index in [0.29, 0.717) is 22.9 Å². The molecular formula is C23H28N2O3S. The quantitative estimate of drug-likeness (QED) is 0.517. The number of amides is 1. The van der Waals surface area contributed by atoms with E-state index in [1.54, 1.807) is 11.8 Å². The first kappa shape index (κ1) is 21.4. The standard InChI is InChI=1S/C23H28N2O3S/c1-7-13-28-21(27)18-14(3)24-22-25(20(26)17(8-2)29-22)19(18)15-9-11-16(12-10-15)23(4,5)6/h7,9-12,17,19H,1,8,13H2,2-6H3/t17-,19-/m0/s1. The molecule has 0 saturated carbocycles. The van der Waals surface area contributed by atoms with E-state index in [1.165, 1.54) is 23.4 Å². The molecule has 0 bridgehead atoms. The van der Waals surface area contributed by atoms with Gasteiger partial charge in [-0.1, -0.05) is 76.4 Å². The van der Waals surface area contributed by atoms with Crippen LogP contribution in [-0.2, 0) is 19.7 Å². The van der Waals surface area contributed by atoms with Crippen molar-refractivity contribution in [1.82, 2.24) is 4.90 Å². The highest BCUT2D eigenvalue weighted by Gasteiger charge is 2.47. The van der Waals surface area contributed by atoms with Crippen LogP contribution in [0.3, 0.4) is 0 Å². The average Bonchev–Trinajstić information content (AvgIpc) is 2.99. The minimum atomic E-state index is -0.537. The van der Waals surface area contributed by atoms with E-state index in [0.717, 1.165) is 5.56 Å². The van der Waals surface area contributed by atoms with Crippen LogP contribution in [0.15, 0.2) is 53.2 Å². The number of benzene rings is 1. The monoisotopic (exact) mass is 412 g/mol. The Balaban J connectivity index is 2.09. The zero-order valence-electron chi connectivity index (χ0n) is 17.7. The number of nitrogens with zero attached hydrogens (tertiary/aromatic N) is 2. The van der Waals surface area contributed by atoms with Crippen molar-refractivity contribution in [2.75, 3.05) is 6.61 Å². The van der Waals surface area contributed by atoms with Crippen molar-refractivity contribution in [3.8, 4) is 0 Å². The fourth-order valence-corrected chi connectivity index (χ4v) is 4.68. The number of allylic oxidation sites excluding steroid dienone is 1. The summed E-state index contributed by atoms with van der Waals surface area (Å²) in [4.78, 5) is 32.2. The Bertz CT molecular complexity index is 894. The van der Waals surface area contributed by atoms with Crippen LogP contribution in [0.25, 0.3) is 0 Å². The maximum absolute atomic E-state index is 13.1. The van der Waals surface area contributed by atoms with E-state index >= 15 is 0 Å². The van der Waals surface area contributed by atoms with Crippen molar-refractivity contribution < 1.29 is 14.3 Å². The van der Waals surface area contributed by atoms with Gasteiger partial charge in [0, 0.05) is 0 Å². The van der Waals surface area contributed by atoms with Gasteiger partial charge in [0.2, 0.25) is 5.91 Å². The third kappa shape index (κ3) is 4.04. The van der Waals surface area contributed by atoms with Crippen LogP contribution in [0.1, 0.15) is 58.2 Å². The van der Waals surface area contributed by atoms with Crippen molar-refractivity contribution >= 4 is 28.8 Å². The van der Waals surface area contributed by atoms with Crippen molar-refractivity contribution in [3.05, 3.63) is 59.3 Å². The summed E-state index contributed by atoms with van der Waals surface area (Å²) in [5, 5.41) is 0.478. The molecule has 1 aromatic carbocycles. The molecular weight excluding hydrogens is 384 g/mol. The normalized spacial score (nSPS) is 21.8. The number of rotatable bonds is 5. The molecule has 2 aliphatic heterocycles. The van der Waals surface area contributed by atoms with Gasteiger partial charge in [0.05, 0.1) is 22.6 Å². The summed E-state index contributed by atoms with van der Waals surface area (Å²) in [7, 11) is 0. The van der Waals surface area contributed by atoms with Gasteiger partial charge in [-0.2, -0.15) is 0 Å². The zero-order chi connectivity index (χ0) is 21.3. The number of esters is 1. The third-order valence-corrected chi connectivity index (χ3v) is 6.49. The lowest BCUT2D eigenvalue weighted by Gasteiger charge is -2.33. The fourth-order valence-electron chi connectivity index (χ4n) is 3.54. The molecule has 3 rings (SSSR count). The summed E-state index contributed by atoms with van der Waals surface area (Å²) in [6.45, 7) is 14.0. The number of carbonyl (C=O) groups is 2. The van der Waals surface area contributed by atoms with E-state index in [-0.39, 0.29) is 23.2 Å². The summed E-state index contributed by atoms with van der Waals surface area (Å²) < 4.78 is 5.34. The second kappa shape index (κ2) is 8.19. The predicted molar refractivity (Wildman–Crippen MR) is 118 cm³/mol. The molecule has 1 amide bonds. The van der Waals surface area contributed by atoms with Gasteiger partial charge in [0.25, 0.3) is 0 Å². The van der Waals surface area contributed by atoms with Gasteiger partial charge >= 0.3 is 5.97 Å². The first-order valence-corrected chi connectivity index (χ1v) is 10.7. The molecule has 5 nitrogen and oxygen atoms in total. The molecule has 2 atom stereocenters. The minimum absolute atomic E-state index is 0.0114. The summed E-state index contributed by atoms with van der Waals surface area (Å²) in [5.41, 5.74) is 3.08. The van der Waals surface area contributed by atoms with Gasteiger partial charge < -0.3 is 4.74 Å². The molecule has 1 saturated heterocycles. The van der Waals surface area contributed by atoms with Crippen LogP contribution >= 0.6 is 11.8 Å². The van der Waals surface area contributed by atoms with Crippen molar-refractivity contribution in [2.45, 2.75) is 57.7 Å². The topological polar surface area (TPSA) is 59.0 Å². The van der Waals surface area contributed by atoms with Crippen LogP contribution in [0, 0.1) is 0 Å². The Kier molecular flexibility index (Phi) is 6.03. The third-order valence-electron chi connectivity index (χ3n) is 5.17. The van der Waals surface area contributed by atoms with Crippen LogP contribution < -0.4 is 0 Å². The van der Waals surface area contributed by atoms with Crippen LogP contribution in [0.5, 0.6) is 0 Å². The van der Waals surface area contributed by atoms with Gasteiger partial charge in [0.15, 0.2) is 5.17 Å². The van der Waals surface area contributed by atoms with E-state index in [4.69, 9.17) is 4.74 Å². The minimum Gasteiger partial charge on any atom is -0.458 e. The predicted octanol–water partition coefficient (Wildman–Crippen LogP) is 4.75. The molecule has 0 N–H and O–H groups in total. The average molecular weight is 413 g/mol. The first-order valence-electron chi connectivity index (χ1n) is 9.86. The molecule has 0 radical (unpaired) electrons. The number of thioether (sulfide) groups is 1. The zero-order valence-corrected chi connectivity index (χ0v) is 18.5. The Morgan fingerprint density at radius 2 is 1.97 bits per heavy atom. The second-order valence-corrected chi connectivity index (χ2v) is 9.45. The second-order valence-electron chi connectivity index (χ2n) is 8.28. The molecule has 6 heteroatoms. The van der Waals surface area contributed by atoms with Crippen LogP contribution in [0.4, 0.5) is 0 Å². The Hall–Kier alpha value is -2.34. The Labute approximate surface area is 176 Å². The summed E-state index contributed by atoms with van der Waals surface area (Å²) in [5.74, 6) is -0.476.